The van der Waals surface area contributed by atoms with E-state index in [4.69, 9.17) is 0 Å². The van der Waals surface area contributed by atoms with Crippen molar-refractivity contribution in [1.82, 2.24) is 4.72 Å². The molecule has 0 unspecified atom stereocenters. The third-order valence-electron chi connectivity index (χ3n) is 4.28. The van der Waals surface area contributed by atoms with Gasteiger partial charge in [0.15, 0.2) is 0 Å². The van der Waals surface area contributed by atoms with Crippen LogP contribution >= 0.6 is 0 Å². The first-order valence-electron chi connectivity index (χ1n) is 8.93. The number of anilines is 1. The van der Waals surface area contributed by atoms with Crippen LogP contribution in [0.4, 0.5) is 5.69 Å². The van der Waals surface area contributed by atoms with Crippen LogP contribution in [-0.2, 0) is 14.8 Å². The van der Waals surface area contributed by atoms with Gasteiger partial charge in [-0.05, 0) is 36.8 Å². The Morgan fingerprint density at radius 2 is 1.43 bits per heavy atom. The fourth-order valence-electron chi connectivity index (χ4n) is 2.80. The van der Waals surface area contributed by atoms with Crippen molar-refractivity contribution in [3.8, 4) is 0 Å². The number of hydrogen-bond donors (Lipinski definition) is 2. The van der Waals surface area contributed by atoms with Crippen molar-refractivity contribution in [2.24, 2.45) is 0 Å². The van der Waals surface area contributed by atoms with Crippen LogP contribution in [0.25, 0.3) is 0 Å². The highest BCUT2D eigenvalue weighted by Crippen LogP contribution is 2.21. The van der Waals surface area contributed by atoms with Crippen LogP contribution in [0.1, 0.15) is 23.6 Å². The molecule has 0 fully saturated rings. The van der Waals surface area contributed by atoms with E-state index in [1.807, 2.05) is 43.3 Å². The number of carbonyl (C=O) groups is 1. The first-order chi connectivity index (χ1) is 13.4. The maximum atomic E-state index is 12.8. The maximum Gasteiger partial charge on any atom is 0.241 e. The van der Waals surface area contributed by atoms with Gasteiger partial charge in [0.2, 0.25) is 15.9 Å². The summed E-state index contributed by atoms with van der Waals surface area (Å²) in [5.41, 5.74) is 2.36. The minimum Gasteiger partial charge on any atom is -0.326 e. The Hall–Kier alpha value is -2.96. The van der Waals surface area contributed by atoms with Crippen molar-refractivity contribution in [2.45, 2.75) is 24.3 Å². The van der Waals surface area contributed by atoms with Crippen molar-refractivity contribution in [3.05, 3.63) is 96.1 Å². The Morgan fingerprint density at radius 3 is 2.04 bits per heavy atom. The van der Waals surface area contributed by atoms with Crippen LogP contribution in [-0.4, -0.2) is 14.3 Å². The number of para-hydroxylation sites is 1. The third-order valence-corrected chi connectivity index (χ3v) is 5.77. The van der Waals surface area contributed by atoms with Gasteiger partial charge in [0, 0.05) is 12.1 Å². The van der Waals surface area contributed by atoms with E-state index in [9.17, 15) is 13.2 Å². The molecular weight excluding hydrogens is 372 g/mol. The van der Waals surface area contributed by atoms with Gasteiger partial charge in [-0.3, -0.25) is 4.79 Å². The lowest BCUT2D eigenvalue weighted by molar-refractivity contribution is -0.116. The number of hydrogen-bond acceptors (Lipinski definition) is 3. The van der Waals surface area contributed by atoms with Gasteiger partial charge in [-0.1, -0.05) is 66.2 Å². The molecule has 0 aliphatic rings. The zero-order valence-electron chi connectivity index (χ0n) is 15.5. The van der Waals surface area contributed by atoms with Crippen LogP contribution < -0.4 is 10.0 Å². The van der Waals surface area contributed by atoms with E-state index in [-0.39, 0.29) is 17.2 Å². The van der Waals surface area contributed by atoms with Crippen molar-refractivity contribution < 1.29 is 13.2 Å². The Labute approximate surface area is 165 Å². The van der Waals surface area contributed by atoms with Gasteiger partial charge in [-0.25, -0.2) is 13.1 Å². The van der Waals surface area contributed by atoms with Gasteiger partial charge in [0.25, 0.3) is 0 Å². The molecule has 6 heteroatoms. The van der Waals surface area contributed by atoms with Crippen LogP contribution in [0.2, 0.25) is 0 Å². The summed E-state index contributed by atoms with van der Waals surface area (Å²) in [4.78, 5) is 12.7. The minimum atomic E-state index is -3.77. The SMILES string of the molecule is Cc1ccc(S(=O)(=O)N[C@@H](CC(=O)Nc2ccccc2)c2ccccc2)cc1. The molecular formula is C22H22N2O3S. The zero-order chi connectivity index (χ0) is 20.0. The normalized spacial score (nSPS) is 12.3. The van der Waals surface area contributed by atoms with E-state index in [2.05, 4.69) is 10.0 Å². The first kappa shape index (κ1) is 19.8. The van der Waals surface area contributed by atoms with Crippen LogP contribution in [0.15, 0.2) is 89.8 Å². The number of benzene rings is 3. The fraction of sp³-hybridized carbons (Fsp3) is 0.136. The molecule has 0 aliphatic heterocycles. The summed E-state index contributed by atoms with van der Waals surface area (Å²) in [6.45, 7) is 1.89. The van der Waals surface area contributed by atoms with E-state index in [0.29, 0.717) is 5.69 Å². The maximum absolute atomic E-state index is 12.8. The van der Waals surface area contributed by atoms with Crippen LogP contribution in [0, 0.1) is 6.92 Å². The smallest absolute Gasteiger partial charge is 0.241 e. The lowest BCUT2D eigenvalue weighted by Gasteiger charge is -2.19. The molecule has 3 aromatic rings. The summed E-state index contributed by atoms with van der Waals surface area (Å²) in [7, 11) is -3.77. The number of nitrogens with one attached hydrogen (secondary N) is 2. The van der Waals surface area contributed by atoms with Gasteiger partial charge in [-0.2, -0.15) is 0 Å². The van der Waals surface area contributed by atoms with Gasteiger partial charge in [0.1, 0.15) is 0 Å². The van der Waals surface area contributed by atoms with Crippen LogP contribution in [0.3, 0.4) is 0 Å². The second-order valence-electron chi connectivity index (χ2n) is 6.52. The summed E-state index contributed by atoms with van der Waals surface area (Å²) in [6, 6.07) is 24.1. The molecule has 5 nitrogen and oxygen atoms in total. The van der Waals surface area contributed by atoms with E-state index >= 15 is 0 Å². The molecule has 0 aliphatic carbocycles. The van der Waals surface area contributed by atoms with Crippen molar-refractivity contribution in [3.63, 3.8) is 0 Å². The number of rotatable bonds is 7. The fourth-order valence-corrected chi connectivity index (χ4v) is 4.03. The molecule has 3 aromatic carbocycles. The molecule has 0 bridgehead atoms. The average Bonchev–Trinajstić information content (AvgIpc) is 2.69. The highest BCUT2D eigenvalue weighted by atomic mass is 32.2. The largest absolute Gasteiger partial charge is 0.326 e. The summed E-state index contributed by atoms with van der Waals surface area (Å²) < 4.78 is 28.3. The third kappa shape index (κ3) is 5.28. The monoisotopic (exact) mass is 394 g/mol. The standard InChI is InChI=1S/C22H22N2O3S/c1-17-12-14-20(15-13-17)28(26,27)24-21(18-8-4-2-5-9-18)16-22(25)23-19-10-6-3-7-11-19/h2-15,21,24H,16H2,1H3,(H,23,25)/t21-/m0/s1. The van der Waals surface area contributed by atoms with Gasteiger partial charge >= 0.3 is 0 Å². The van der Waals surface area contributed by atoms with Gasteiger partial charge < -0.3 is 5.32 Å². The van der Waals surface area contributed by atoms with Gasteiger partial charge in [-0.15, -0.1) is 0 Å². The zero-order valence-corrected chi connectivity index (χ0v) is 16.3. The lowest BCUT2D eigenvalue weighted by Crippen LogP contribution is -2.31. The molecule has 0 saturated heterocycles. The molecule has 28 heavy (non-hydrogen) atoms. The Bertz CT molecular complexity index is 1020. The predicted molar refractivity (Wildman–Crippen MR) is 110 cm³/mol. The minimum absolute atomic E-state index is 0.0238. The summed E-state index contributed by atoms with van der Waals surface area (Å²) in [5, 5.41) is 2.80. The molecule has 0 radical (unpaired) electrons. The predicted octanol–water partition coefficient (Wildman–Crippen LogP) is 4.04. The number of sulfonamides is 1. The second-order valence-corrected chi connectivity index (χ2v) is 8.23. The first-order valence-corrected chi connectivity index (χ1v) is 10.4. The molecule has 0 saturated carbocycles. The molecule has 144 valence electrons. The van der Waals surface area contributed by atoms with E-state index in [1.54, 1.807) is 48.5 Å². The Balaban J connectivity index is 1.81. The highest BCUT2D eigenvalue weighted by molar-refractivity contribution is 7.89. The molecule has 0 aromatic heterocycles. The molecule has 1 atom stereocenters. The van der Waals surface area contributed by atoms with Crippen molar-refractivity contribution in [1.29, 1.82) is 0 Å². The number of carbonyl (C=O) groups excluding carboxylic acids is 1. The molecule has 2 N–H and O–H groups in total. The molecule has 1 amide bonds. The average molecular weight is 394 g/mol. The molecule has 3 rings (SSSR count). The van der Waals surface area contributed by atoms with E-state index in [0.717, 1.165) is 11.1 Å². The summed E-state index contributed by atoms with van der Waals surface area (Å²) in [5.74, 6) is -0.272. The summed E-state index contributed by atoms with van der Waals surface area (Å²) >= 11 is 0. The Morgan fingerprint density at radius 1 is 0.857 bits per heavy atom. The Kier molecular flexibility index (Phi) is 6.23. The highest BCUT2D eigenvalue weighted by Gasteiger charge is 2.23. The van der Waals surface area contributed by atoms with Gasteiger partial charge in [0.05, 0.1) is 10.9 Å². The van der Waals surface area contributed by atoms with Crippen molar-refractivity contribution in [2.75, 3.05) is 5.32 Å². The number of amides is 1. The molecule has 0 spiro atoms. The topological polar surface area (TPSA) is 75.3 Å². The van der Waals surface area contributed by atoms with Crippen molar-refractivity contribution >= 4 is 21.6 Å². The lowest BCUT2D eigenvalue weighted by atomic mass is 10.0. The molecule has 0 heterocycles. The van der Waals surface area contributed by atoms with E-state index in [1.165, 1.54) is 0 Å². The number of aryl methyl sites for hydroxylation is 1. The second kappa shape index (κ2) is 8.82. The van der Waals surface area contributed by atoms with Crippen LogP contribution in [0.5, 0.6) is 0 Å². The quantitative estimate of drug-likeness (QED) is 0.635. The van der Waals surface area contributed by atoms with E-state index < -0.39 is 16.1 Å². The summed E-state index contributed by atoms with van der Waals surface area (Å²) in [6.07, 6.45) is -0.0238.